The number of rotatable bonds is 4. The predicted molar refractivity (Wildman–Crippen MR) is 71.5 cm³/mol. The summed E-state index contributed by atoms with van der Waals surface area (Å²) in [5, 5.41) is 3.08. The van der Waals surface area contributed by atoms with E-state index in [9.17, 15) is 0 Å². The van der Waals surface area contributed by atoms with Crippen LogP contribution in [-0.4, -0.2) is 7.05 Å². The van der Waals surface area contributed by atoms with Crippen molar-refractivity contribution in [1.29, 1.82) is 0 Å². The van der Waals surface area contributed by atoms with Crippen molar-refractivity contribution >= 4 is 5.69 Å². The monoisotopic (exact) mass is 227 g/mol. The minimum Gasteiger partial charge on any atom is -0.489 e. The van der Waals surface area contributed by atoms with E-state index in [2.05, 4.69) is 36.5 Å². The highest BCUT2D eigenvalue weighted by molar-refractivity contribution is 5.45. The van der Waals surface area contributed by atoms with Crippen LogP contribution in [0.3, 0.4) is 0 Å². The van der Waals surface area contributed by atoms with Crippen LogP contribution in [0.15, 0.2) is 48.5 Å². The molecule has 0 aromatic heterocycles. The normalized spacial score (nSPS) is 10.0. The van der Waals surface area contributed by atoms with E-state index in [1.807, 2.05) is 31.3 Å². The molecule has 0 unspecified atom stereocenters. The molecule has 1 N–H and O–H groups in total. The number of ether oxygens (including phenoxy) is 1. The number of hydrogen-bond acceptors (Lipinski definition) is 2. The van der Waals surface area contributed by atoms with Gasteiger partial charge in [0, 0.05) is 12.7 Å². The summed E-state index contributed by atoms with van der Waals surface area (Å²) in [6, 6.07) is 16.3. The van der Waals surface area contributed by atoms with Gasteiger partial charge in [-0.25, -0.2) is 0 Å². The molecule has 0 saturated heterocycles. The van der Waals surface area contributed by atoms with Gasteiger partial charge in [-0.1, -0.05) is 29.8 Å². The molecule has 17 heavy (non-hydrogen) atoms. The molecule has 0 atom stereocenters. The van der Waals surface area contributed by atoms with Gasteiger partial charge >= 0.3 is 0 Å². The maximum atomic E-state index is 5.72. The summed E-state index contributed by atoms with van der Waals surface area (Å²) < 4.78 is 5.72. The van der Waals surface area contributed by atoms with Crippen LogP contribution in [0, 0.1) is 6.92 Å². The number of benzene rings is 2. The molecule has 0 aliphatic rings. The van der Waals surface area contributed by atoms with Gasteiger partial charge in [0.2, 0.25) is 0 Å². The maximum absolute atomic E-state index is 5.72. The molecule has 2 rings (SSSR count). The molecular formula is C15H17NO. The Kier molecular flexibility index (Phi) is 3.66. The third-order valence-corrected chi connectivity index (χ3v) is 2.63. The lowest BCUT2D eigenvalue weighted by atomic mass is 10.1. The summed E-state index contributed by atoms with van der Waals surface area (Å²) in [7, 11) is 1.91. The number of hydrogen-bond donors (Lipinski definition) is 1. The van der Waals surface area contributed by atoms with Crippen molar-refractivity contribution in [3.63, 3.8) is 0 Å². The predicted octanol–water partition coefficient (Wildman–Crippen LogP) is 3.62. The van der Waals surface area contributed by atoms with E-state index in [1.54, 1.807) is 0 Å². The van der Waals surface area contributed by atoms with E-state index in [4.69, 9.17) is 4.74 Å². The first-order chi connectivity index (χ1) is 8.28. The standard InChI is InChI=1S/C15H17NO/c1-12-4-3-5-13(10-12)11-17-15-8-6-14(16-2)7-9-15/h3-10,16H,11H2,1-2H3. The van der Waals surface area contributed by atoms with E-state index in [0.29, 0.717) is 6.61 Å². The van der Waals surface area contributed by atoms with Gasteiger partial charge in [-0.2, -0.15) is 0 Å². The van der Waals surface area contributed by atoms with Crippen LogP contribution < -0.4 is 10.1 Å². The average Bonchev–Trinajstić information content (AvgIpc) is 2.37. The van der Waals surface area contributed by atoms with Crippen LogP contribution in [0.4, 0.5) is 5.69 Å². The van der Waals surface area contributed by atoms with Gasteiger partial charge < -0.3 is 10.1 Å². The molecule has 0 aliphatic heterocycles. The number of aryl methyl sites for hydroxylation is 1. The van der Waals surface area contributed by atoms with Gasteiger partial charge in [-0.3, -0.25) is 0 Å². The molecule has 88 valence electrons. The fourth-order valence-electron chi connectivity index (χ4n) is 1.69. The Morgan fingerprint density at radius 3 is 2.47 bits per heavy atom. The lowest BCUT2D eigenvalue weighted by Gasteiger charge is -2.07. The second-order valence-corrected chi connectivity index (χ2v) is 4.05. The Morgan fingerprint density at radius 2 is 1.82 bits per heavy atom. The van der Waals surface area contributed by atoms with Gasteiger partial charge in [-0.05, 0) is 36.8 Å². The van der Waals surface area contributed by atoms with Crippen LogP contribution in [-0.2, 0) is 6.61 Å². The summed E-state index contributed by atoms with van der Waals surface area (Å²) in [5.74, 6) is 0.894. The zero-order chi connectivity index (χ0) is 12.1. The Bertz CT molecular complexity index is 477. The third-order valence-electron chi connectivity index (χ3n) is 2.63. The quantitative estimate of drug-likeness (QED) is 0.861. The third kappa shape index (κ3) is 3.25. The van der Waals surface area contributed by atoms with Crippen LogP contribution >= 0.6 is 0 Å². The summed E-state index contributed by atoms with van der Waals surface area (Å²) in [5.41, 5.74) is 3.55. The molecule has 2 heteroatoms. The Balaban J connectivity index is 1.97. The second-order valence-electron chi connectivity index (χ2n) is 4.05. The zero-order valence-corrected chi connectivity index (χ0v) is 10.2. The molecule has 0 fully saturated rings. The van der Waals surface area contributed by atoms with Crippen LogP contribution in [0.1, 0.15) is 11.1 Å². The van der Waals surface area contributed by atoms with Crippen LogP contribution in [0.5, 0.6) is 5.75 Å². The average molecular weight is 227 g/mol. The molecule has 2 nitrogen and oxygen atoms in total. The highest BCUT2D eigenvalue weighted by Gasteiger charge is 1.96. The summed E-state index contributed by atoms with van der Waals surface area (Å²) in [6.07, 6.45) is 0. The van der Waals surface area contributed by atoms with E-state index >= 15 is 0 Å². The number of anilines is 1. The SMILES string of the molecule is CNc1ccc(OCc2cccc(C)c2)cc1. The largest absolute Gasteiger partial charge is 0.489 e. The lowest BCUT2D eigenvalue weighted by molar-refractivity contribution is 0.306. The highest BCUT2D eigenvalue weighted by atomic mass is 16.5. The second kappa shape index (κ2) is 5.39. The molecule has 0 amide bonds. The Morgan fingerprint density at radius 1 is 1.06 bits per heavy atom. The molecule has 0 saturated carbocycles. The van der Waals surface area contributed by atoms with E-state index in [0.717, 1.165) is 11.4 Å². The smallest absolute Gasteiger partial charge is 0.119 e. The first-order valence-corrected chi connectivity index (χ1v) is 5.74. The summed E-state index contributed by atoms with van der Waals surface area (Å²) in [6.45, 7) is 2.70. The first kappa shape index (κ1) is 11.5. The first-order valence-electron chi connectivity index (χ1n) is 5.74. The fourth-order valence-corrected chi connectivity index (χ4v) is 1.69. The van der Waals surface area contributed by atoms with Crippen molar-refractivity contribution in [3.8, 4) is 5.75 Å². The van der Waals surface area contributed by atoms with Crippen LogP contribution in [0.25, 0.3) is 0 Å². The van der Waals surface area contributed by atoms with Gasteiger partial charge in [0.1, 0.15) is 12.4 Å². The van der Waals surface area contributed by atoms with Crippen molar-refractivity contribution in [2.24, 2.45) is 0 Å². The van der Waals surface area contributed by atoms with Gasteiger partial charge in [-0.15, -0.1) is 0 Å². The molecule has 0 radical (unpaired) electrons. The van der Waals surface area contributed by atoms with Gasteiger partial charge in [0.15, 0.2) is 0 Å². The molecule has 0 spiro atoms. The summed E-state index contributed by atoms with van der Waals surface area (Å²) in [4.78, 5) is 0. The van der Waals surface area contributed by atoms with E-state index in [-0.39, 0.29) is 0 Å². The minimum absolute atomic E-state index is 0.612. The lowest BCUT2D eigenvalue weighted by Crippen LogP contribution is -1.96. The molecule has 0 heterocycles. The number of nitrogens with one attached hydrogen (secondary N) is 1. The van der Waals surface area contributed by atoms with Gasteiger partial charge in [0.05, 0.1) is 0 Å². The Labute approximate surface area is 102 Å². The summed E-state index contributed by atoms with van der Waals surface area (Å²) >= 11 is 0. The molecule has 0 bridgehead atoms. The topological polar surface area (TPSA) is 21.3 Å². The molecule has 2 aromatic carbocycles. The van der Waals surface area contributed by atoms with Gasteiger partial charge in [0.25, 0.3) is 0 Å². The zero-order valence-electron chi connectivity index (χ0n) is 10.2. The van der Waals surface area contributed by atoms with E-state index < -0.39 is 0 Å². The van der Waals surface area contributed by atoms with Crippen molar-refractivity contribution < 1.29 is 4.74 Å². The van der Waals surface area contributed by atoms with E-state index in [1.165, 1.54) is 11.1 Å². The Hall–Kier alpha value is -1.96. The van der Waals surface area contributed by atoms with Crippen molar-refractivity contribution in [3.05, 3.63) is 59.7 Å². The van der Waals surface area contributed by atoms with Crippen LogP contribution in [0.2, 0.25) is 0 Å². The maximum Gasteiger partial charge on any atom is 0.119 e. The van der Waals surface area contributed by atoms with Crippen molar-refractivity contribution in [2.45, 2.75) is 13.5 Å². The minimum atomic E-state index is 0.612. The molecule has 0 aliphatic carbocycles. The fraction of sp³-hybridized carbons (Fsp3) is 0.200. The van der Waals surface area contributed by atoms with Crippen molar-refractivity contribution in [1.82, 2.24) is 0 Å². The molecular weight excluding hydrogens is 210 g/mol. The highest BCUT2D eigenvalue weighted by Crippen LogP contribution is 2.16. The molecule has 2 aromatic rings. The van der Waals surface area contributed by atoms with Crippen molar-refractivity contribution in [2.75, 3.05) is 12.4 Å².